The molecule has 0 spiro atoms. The minimum Gasteiger partial charge on any atom is -0.495 e. The summed E-state index contributed by atoms with van der Waals surface area (Å²) in [5.74, 6) is -0.288. The number of aliphatic carboxylic acids is 1. The van der Waals surface area contributed by atoms with Crippen LogP contribution in [-0.4, -0.2) is 29.2 Å². The summed E-state index contributed by atoms with van der Waals surface area (Å²) >= 11 is 6.11. The third-order valence-electron chi connectivity index (χ3n) is 4.17. The molecule has 130 valence electrons. The van der Waals surface area contributed by atoms with E-state index >= 15 is 0 Å². The Morgan fingerprint density at radius 2 is 2.12 bits per heavy atom. The molecule has 1 atom stereocenters. The number of aromatic nitrogens is 1. The molecule has 0 fully saturated rings. The van der Waals surface area contributed by atoms with E-state index in [1.165, 1.54) is 0 Å². The van der Waals surface area contributed by atoms with Crippen LogP contribution >= 0.6 is 11.6 Å². The minimum atomic E-state index is -0.884. The molecule has 0 aliphatic carbocycles. The average molecular weight is 359 g/mol. The van der Waals surface area contributed by atoms with E-state index in [1.807, 2.05) is 36.5 Å². The van der Waals surface area contributed by atoms with Crippen LogP contribution in [-0.2, 0) is 17.8 Å². The fraction of sp³-hybridized carbons (Fsp3) is 0.211. The van der Waals surface area contributed by atoms with Gasteiger partial charge in [0.05, 0.1) is 12.1 Å². The Balaban J connectivity index is 1.71. The standard InChI is InChI=1S/C19H19ClN2O3/c1-25-18-7-6-12(8-15(18)20)10-21-17(19(23)24)9-13-11-22-16-5-3-2-4-14(13)16/h2-8,11,17,21-22H,9-10H2,1H3,(H,23,24)/t17-/m1/s1. The molecule has 3 N–H and O–H groups in total. The number of halogens is 1. The van der Waals surface area contributed by atoms with E-state index in [2.05, 4.69) is 10.3 Å². The normalized spacial score (nSPS) is 12.2. The monoisotopic (exact) mass is 358 g/mol. The quantitative estimate of drug-likeness (QED) is 0.603. The van der Waals surface area contributed by atoms with E-state index < -0.39 is 12.0 Å². The highest BCUT2D eigenvalue weighted by Crippen LogP contribution is 2.25. The summed E-state index contributed by atoms with van der Waals surface area (Å²) in [6.45, 7) is 0.406. The number of benzene rings is 2. The lowest BCUT2D eigenvalue weighted by Crippen LogP contribution is -2.38. The second-order valence-electron chi connectivity index (χ2n) is 5.80. The van der Waals surface area contributed by atoms with Gasteiger partial charge in [0.25, 0.3) is 0 Å². The molecule has 0 amide bonds. The SMILES string of the molecule is COc1ccc(CN[C@H](Cc2c[nH]c3ccccc23)C(=O)O)cc1Cl. The fourth-order valence-electron chi connectivity index (χ4n) is 2.83. The summed E-state index contributed by atoms with van der Waals surface area (Å²) < 4.78 is 5.12. The molecule has 6 heteroatoms. The molecule has 0 bridgehead atoms. The van der Waals surface area contributed by atoms with Gasteiger partial charge < -0.3 is 20.1 Å². The first-order chi connectivity index (χ1) is 12.1. The van der Waals surface area contributed by atoms with Crippen LogP contribution in [0.2, 0.25) is 5.02 Å². The predicted molar refractivity (Wildman–Crippen MR) is 98.3 cm³/mol. The lowest BCUT2D eigenvalue weighted by atomic mass is 10.0. The first kappa shape index (κ1) is 17.3. The maximum absolute atomic E-state index is 11.6. The highest BCUT2D eigenvalue weighted by molar-refractivity contribution is 6.32. The van der Waals surface area contributed by atoms with Crippen molar-refractivity contribution in [2.45, 2.75) is 19.0 Å². The van der Waals surface area contributed by atoms with Crippen molar-refractivity contribution in [2.24, 2.45) is 0 Å². The lowest BCUT2D eigenvalue weighted by molar-refractivity contribution is -0.139. The number of hydrogen-bond acceptors (Lipinski definition) is 3. The van der Waals surface area contributed by atoms with Crippen molar-refractivity contribution >= 4 is 28.5 Å². The van der Waals surface area contributed by atoms with Crippen LogP contribution < -0.4 is 10.1 Å². The molecule has 1 aromatic heterocycles. The Labute approximate surface area is 150 Å². The number of aromatic amines is 1. The van der Waals surface area contributed by atoms with Crippen molar-refractivity contribution in [3.8, 4) is 5.75 Å². The lowest BCUT2D eigenvalue weighted by Gasteiger charge is -2.15. The number of ether oxygens (including phenoxy) is 1. The van der Waals surface area contributed by atoms with E-state index in [0.29, 0.717) is 23.7 Å². The van der Waals surface area contributed by atoms with Gasteiger partial charge in [0, 0.05) is 30.1 Å². The third kappa shape index (κ3) is 3.95. The largest absolute Gasteiger partial charge is 0.495 e. The Morgan fingerprint density at radius 1 is 1.32 bits per heavy atom. The van der Waals surface area contributed by atoms with E-state index in [-0.39, 0.29) is 0 Å². The number of rotatable bonds is 7. The smallest absolute Gasteiger partial charge is 0.321 e. The van der Waals surface area contributed by atoms with Crippen molar-refractivity contribution in [1.29, 1.82) is 0 Å². The Bertz CT molecular complexity index is 891. The van der Waals surface area contributed by atoms with Gasteiger partial charge in [0.2, 0.25) is 0 Å². The van der Waals surface area contributed by atoms with Gasteiger partial charge >= 0.3 is 5.97 Å². The number of methoxy groups -OCH3 is 1. The summed E-state index contributed by atoms with van der Waals surface area (Å²) in [7, 11) is 1.56. The molecule has 0 radical (unpaired) electrons. The van der Waals surface area contributed by atoms with E-state index in [4.69, 9.17) is 16.3 Å². The molecule has 5 nitrogen and oxygen atoms in total. The maximum atomic E-state index is 11.6. The van der Waals surface area contributed by atoms with Crippen LogP contribution in [0.15, 0.2) is 48.7 Å². The van der Waals surface area contributed by atoms with Crippen molar-refractivity contribution in [3.63, 3.8) is 0 Å². The first-order valence-electron chi connectivity index (χ1n) is 7.92. The van der Waals surface area contributed by atoms with Crippen LogP contribution in [0, 0.1) is 0 Å². The van der Waals surface area contributed by atoms with E-state index in [0.717, 1.165) is 22.0 Å². The molecule has 0 unspecified atom stereocenters. The average Bonchev–Trinajstić information content (AvgIpc) is 3.01. The molecule has 1 heterocycles. The summed E-state index contributed by atoms with van der Waals surface area (Å²) in [4.78, 5) is 14.8. The van der Waals surface area contributed by atoms with Gasteiger partial charge in [-0.1, -0.05) is 35.9 Å². The van der Waals surface area contributed by atoms with Gasteiger partial charge in [-0.15, -0.1) is 0 Å². The topological polar surface area (TPSA) is 74.3 Å². The van der Waals surface area contributed by atoms with E-state index in [9.17, 15) is 9.90 Å². The van der Waals surface area contributed by atoms with Crippen molar-refractivity contribution < 1.29 is 14.6 Å². The van der Waals surface area contributed by atoms with E-state index in [1.54, 1.807) is 19.2 Å². The molecule has 0 aliphatic rings. The van der Waals surface area contributed by atoms with Crippen molar-refractivity contribution in [1.82, 2.24) is 10.3 Å². The molecular weight excluding hydrogens is 340 g/mol. The molecule has 0 aliphatic heterocycles. The predicted octanol–water partition coefficient (Wildman–Crippen LogP) is 3.62. The second-order valence-corrected chi connectivity index (χ2v) is 6.21. The van der Waals surface area contributed by atoms with Crippen LogP contribution in [0.1, 0.15) is 11.1 Å². The second kappa shape index (κ2) is 7.59. The van der Waals surface area contributed by atoms with Gasteiger partial charge in [-0.2, -0.15) is 0 Å². The third-order valence-corrected chi connectivity index (χ3v) is 4.46. The molecule has 2 aromatic carbocycles. The molecule has 25 heavy (non-hydrogen) atoms. The molecule has 3 aromatic rings. The van der Waals surface area contributed by atoms with Crippen LogP contribution in [0.5, 0.6) is 5.75 Å². The van der Waals surface area contributed by atoms with Crippen LogP contribution in [0.4, 0.5) is 0 Å². The Morgan fingerprint density at radius 3 is 2.84 bits per heavy atom. The molecule has 0 saturated carbocycles. The van der Waals surface area contributed by atoms with Gasteiger partial charge in [-0.05, 0) is 29.3 Å². The zero-order chi connectivity index (χ0) is 17.8. The minimum absolute atomic E-state index is 0.392. The Kier molecular flexibility index (Phi) is 5.26. The number of carboxylic acids is 1. The number of fused-ring (bicyclic) bond motifs is 1. The van der Waals surface area contributed by atoms with Crippen molar-refractivity contribution in [3.05, 3.63) is 64.8 Å². The molecule has 0 saturated heterocycles. The zero-order valence-corrected chi connectivity index (χ0v) is 14.5. The van der Waals surface area contributed by atoms with Gasteiger partial charge in [0.1, 0.15) is 11.8 Å². The zero-order valence-electron chi connectivity index (χ0n) is 13.8. The van der Waals surface area contributed by atoms with Crippen molar-refractivity contribution in [2.75, 3.05) is 7.11 Å². The summed E-state index contributed by atoms with van der Waals surface area (Å²) in [6.07, 6.45) is 2.26. The Hall–Kier alpha value is -2.50. The fourth-order valence-corrected chi connectivity index (χ4v) is 3.11. The van der Waals surface area contributed by atoms with Crippen LogP contribution in [0.3, 0.4) is 0 Å². The number of para-hydroxylation sites is 1. The number of nitrogens with one attached hydrogen (secondary N) is 2. The van der Waals surface area contributed by atoms with Gasteiger partial charge in [0.15, 0.2) is 0 Å². The summed E-state index contributed by atoms with van der Waals surface area (Å²) in [6, 6.07) is 12.6. The number of carbonyl (C=O) groups is 1. The maximum Gasteiger partial charge on any atom is 0.321 e. The van der Waals surface area contributed by atoms with Crippen LogP contribution in [0.25, 0.3) is 10.9 Å². The molecule has 3 rings (SSSR count). The van der Waals surface area contributed by atoms with Gasteiger partial charge in [-0.3, -0.25) is 4.79 Å². The highest BCUT2D eigenvalue weighted by Gasteiger charge is 2.19. The number of carboxylic acid groups (broad SMARTS) is 1. The summed E-state index contributed by atoms with van der Waals surface area (Å²) in [5.41, 5.74) is 2.88. The highest BCUT2D eigenvalue weighted by atomic mass is 35.5. The first-order valence-corrected chi connectivity index (χ1v) is 8.30. The number of H-pyrrole nitrogens is 1. The van der Waals surface area contributed by atoms with Gasteiger partial charge in [-0.25, -0.2) is 0 Å². The molecular formula is C19H19ClN2O3. The summed E-state index contributed by atoms with van der Waals surface area (Å²) in [5, 5.41) is 14.2. The number of hydrogen-bond donors (Lipinski definition) is 3.